The molecule has 0 fully saturated rings. The van der Waals surface area contributed by atoms with Crippen LogP contribution < -0.4 is 0 Å². The van der Waals surface area contributed by atoms with E-state index in [-0.39, 0.29) is 13.2 Å². The maximum Gasteiger partial charge on any atom is 0.400 e. The van der Waals surface area contributed by atoms with Gasteiger partial charge in [0.15, 0.2) is 0 Å². The number of hydrogen-bond acceptors (Lipinski definition) is 4. The average Bonchev–Trinajstić information content (AvgIpc) is 1.98. The van der Waals surface area contributed by atoms with Crippen LogP contribution in [0.2, 0.25) is 0 Å². The second-order valence-electron chi connectivity index (χ2n) is 1.76. The van der Waals surface area contributed by atoms with E-state index in [1.165, 1.54) is 0 Å². The molecule has 0 aromatic carbocycles. The van der Waals surface area contributed by atoms with Crippen LogP contribution in [0.4, 0.5) is 0 Å². The summed E-state index contributed by atoms with van der Waals surface area (Å²) in [6, 6.07) is 0. The Morgan fingerprint density at radius 3 is 1.46 bits per heavy atom. The molecule has 0 saturated heterocycles. The van der Waals surface area contributed by atoms with Crippen LogP contribution in [0.5, 0.6) is 0 Å². The number of rotatable bonds is 6. The van der Waals surface area contributed by atoms with E-state index >= 15 is 0 Å². The SMILES string of the molecule is O=S(=O)(OCC(Cl)Cl)OCC(Cl)Cl. The van der Waals surface area contributed by atoms with Gasteiger partial charge in [0.2, 0.25) is 0 Å². The minimum atomic E-state index is -4.11. The van der Waals surface area contributed by atoms with Crippen molar-refractivity contribution in [1.82, 2.24) is 0 Å². The van der Waals surface area contributed by atoms with Crippen LogP contribution in [0.25, 0.3) is 0 Å². The maximum absolute atomic E-state index is 10.8. The van der Waals surface area contributed by atoms with Gasteiger partial charge in [0.05, 0.1) is 13.2 Å². The van der Waals surface area contributed by atoms with Gasteiger partial charge in [-0.1, -0.05) is 0 Å². The Morgan fingerprint density at radius 1 is 0.923 bits per heavy atom. The molecule has 80 valence electrons. The first kappa shape index (κ1) is 14.0. The first-order valence-corrected chi connectivity index (χ1v) is 6.01. The fourth-order valence-corrected chi connectivity index (χ4v) is 1.53. The zero-order valence-electron chi connectivity index (χ0n) is 6.12. The van der Waals surface area contributed by atoms with Gasteiger partial charge >= 0.3 is 10.4 Å². The highest BCUT2D eigenvalue weighted by Gasteiger charge is 2.15. The van der Waals surface area contributed by atoms with Gasteiger partial charge in [0, 0.05) is 0 Å². The smallest absolute Gasteiger partial charge is 0.245 e. The molecular formula is C4H6Cl4O4S. The average molecular weight is 292 g/mol. The topological polar surface area (TPSA) is 52.6 Å². The maximum atomic E-state index is 10.8. The van der Waals surface area contributed by atoms with Crippen LogP contribution in [0, 0.1) is 0 Å². The summed E-state index contributed by atoms with van der Waals surface area (Å²) in [5.74, 6) is 0. The summed E-state index contributed by atoms with van der Waals surface area (Å²) in [6.07, 6.45) is 0. The van der Waals surface area contributed by atoms with E-state index in [0.717, 1.165) is 0 Å². The minimum Gasteiger partial charge on any atom is -0.245 e. The Hall–Kier alpha value is 1.03. The van der Waals surface area contributed by atoms with Crippen molar-refractivity contribution in [2.24, 2.45) is 0 Å². The molecule has 0 radical (unpaired) electrons. The highest BCUT2D eigenvalue weighted by atomic mass is 35.5. The van der Waals surface area contributed by atoms with Gasteiger partial charge in [-0.3, -0.25) is 0 Å². The quantitative estimate of drug-likeness (QED) is 0.701. The van der Waals surface area contributed by atoms with Crippen molar-refractivity contribution in [3.05, 3.63) is 0 Å². The molecule has 0 aliphatic carbocycles. The van der Waals surface area contributed by atoms with Gasteiger partial charge in [0.1, 0.15) is 9.67 Å². The third-order valence-electron chi connectivity index (χ3n) is 0.677. The highest BCUT2D eigenvalue weighted by Crippen LogP contribution is 2.08. The molecule has 0 atom stereocenters. The monoisotopic (exact) mass is 290 g/mol. The van der Waals surface area contributed by atoms with Crippen LogP contribution in [0.1, 0.15) is 0 Å². The third-order valence-corrected chi connectivity index (χ3v) is 2.03. The summed E-state index contributed by atoms with van der Waals surface area (Å²) in [5, 5.41) is 0. The molecular weight excluding hydrogens is 286 g/mol. The normalized spacial score (nSPS) is 12.8. The molecule has 0 N–H and O–H groups in total. The molecule has 13 heavy (non-hydrogen) atoms. The number of alkyl halides is 4. The Morgan fingerprint density at radius 2 is 1.23 bits per heavy atom. The van der Waals surface area contributed by atoms with Gasteiger partial charge < -0.3 is 0 Å². The molecule has 0 rings (SSSR count). The van der Waals surface area contributed by atoms with E-state index in [0.29, 0.717) is 0 Å². The van der Waals surface area contributed by atoms with Crippen molar-refractivity contribution in [3.8, 4) is 0 Å². The largest absolute Gasteiger partial charge is 0.400 e. The van der Waals surface area contributed by atoms with Gasteiger partial charge in [-0.05, 0) is 0 Å². The molecule has 0 amide bonds. The summed E-state index contributed by atoms with van der Waals surface area (Å²) in [4.78, 5) is -1.89. The fourth-order valence-electron chi connectivity index (χ4n) is 0.304. The van der Waals surface area contributed by atoms with Crippen molar-refractivity contribution in [2.75, 3.05) is 13.2 Å². The zero-order valence-corrected chi connectivity index (χ0v) is 9.96. The molecule has 0 aromatic heterocycles. The lowest BCUT2D eigenvalue weighted by molar-refractivity contribution is 0.227. The van der Waals surface area contributed by atoms with E-state index in [9.17, 15) is 8.42 Å². The van der Waals surface area contributed by atoms with E-state index in [4.69, 9.17) is 46.4 Å². The Kier molecular flexibility index (Phi) is 7.02. The molecule has 9 heteroatoms. The van der Waals surface area contributed by atoms with Crippen molar-refractivity contribution < 1.29 is 16.8 Å². The first-order chi connectivity index (χ1) is 5.83. The lowest BCUT2D eigenvalue weighted by atomic mass is 10.9. The minimum absolute atomic E-state index is 0.388. The second-order valence-corrected chi connectivity index (χ2v) is 5.60. The van der Waals surface area contributed by atoms with Crippen LogP contribution in [-0.4, -0.2) is 31.3 Å². The lowest BCUT2D eigenvalue weighted by Crippen LogP contribution is -2.16. The highest BCUT2D eigenvalue weighted by molar-refractivity contribution is 7.81. The standard InChI is InChI=1S/C4H6Cl4O4S/c5-3(6)1-11-13(9,10)12-2-4(7)8/h3-4H,1-2H2. The Balaban J connectivity index is 3.81. The summed E-state index contributed by atoms with van der Waals surface area (Å²) in [7, 11) is -4.11. The second kappa shape index (κ2) is 6.50. The molecule has 0 spiro atoms. The van der Waals surface area contributed by atoms with Crippen molar-refractivity contribution in [2.45, 2.75) is 9.67 Å². The zero-order chi connectivity index (χ0) is 10.5. The van der Waals surface area contributed by atoms with E-state index < -0.39 is 20.1 Å². The molecule has 0 aliphatic heterocycles. The number of halogens is 4. The van der Waals surface area contributed by atoms with Crippen LogP contribution in [0.3, 0.4) is 0 Å². The van der Waals surface area contributed by atoms with Gasteiger partial charge in [-0.2, -0.15) is 8.42 Å². The summed E-state index contributed by atoms with van der Waals surface area (Å²) >= 11 is 20.9. The summed E-state index contributed by atoms with van der Waals surface area (Å²) in [6.45, 7) is -0.776. The van der Waals surface area contributed by atoms with Crippen molar-refractivity contribution >= 4 is 56.8 Å². The molecule has 0 saturated carbocycles. The summed E-state index contributed by atoms with van der Waals surface area (Å²) < 4.78 is 29.9. The molecule has 0 bridgehead atoms. The number of hydrogen-bond donors (Lipinski definition) is 0. The lowest BCUT2D eigenvalue weighted by Gasteiger charge is -2.05. The Labute approximate surface area is 96.3 Å². The third kappa shape index (κ3) is 9.34. The van der Waals surface area contributed by atoms with Gasteiger partial charge in [-0.15, -0.1) is 46.4 Å². The molecule has 0 heterocycles. The van der Waals surface area contributed by atoms with Gasteiger partial charge in [-0.25, -0.2) is 8.37 Å². The fraction of sp³-hybridized carbons (Fsp3) is 1.00. The predicted molar refractivity (Wildman–Crippen MR) is 51.8 cm³/mol. The Bertz CT molecular complexity index is 208. The van der Waals surface area contributed by atoms with Crippen LogP contribution in [0.15, 0.2) is 0 Å². The molecule has 0 aliphatic rings. The van der Waals surface area contributed by atoms with E-state index in [1.807, 2.05) is 0 Å². The van der Waals surface area contributed by atoms with Crippen molar-refractivity contribution in [3.63, 3.8) is 0 Å². The first-order valence-electron chi connectivity index (χ1n) is 2.93. The van der Waals surface area contributed by atoms with Crippen LogP contribution >= 0.6 is 46.4 Å². The predicted octanol–water partition coefficient (Wildman–Crippen LogP) is 1.87. The molecule has 0 unspecified atom stereocenters. The van der Waals surface area contributed by atoms with Crippen molar-refractivity contribution in [1.29, 1.82) is 0 Å². The van der Waals surface area contributed by atoms with Crippen LogP contribution in [-0.2, 0) is 18.8 Å². The molecule has 4 nitrogen and oxygen atoms in total. The van der Waals surface area contributed by atoms with E-state index in [1.54, 1.807) is 0 Å². The van der Waals surface area contributed by atoms with Gasteiger partial charge in [0.25, 0.3) is 0 Å². The molecule has 0 aromatic rings. The van der Waals surface area contributed by atoms with E-state index in [2.05, 4.69) is 8.37 Å². The summed E-state index contributed by atoms with van der Waals surface area (Å²) in [5.41, 5.74) is 0.